The van der Waals surface area contributed by atoms with E-state index in [-0.39, 0.29) is 17.8 Å². The highest BCUT2D eigenvalue weighted by molar-refractivity contribution is 8.00. The van der Waals surface area contributed by atoms with Crippen LogP contribution in [0.2, 0.25) is 0 Å². The Morgan fingerprint density at radius 1 is 1.04 bits per heavy atom. The van der Waals surface area contributed by atoms with Crippen LogP contribution >= 0.6 is 11.8 Å². The number of rotatable bonds is 5. The monoisotopic (exact) mass is 390 g/mol. The van der Waals surface area contributed by atoms with E-state index >= 15 is 0 Å². The molecule has 1 heterocycles. The summed E-state index contributed by atoms with van der Waals surface area (Å²) in [6, 6.07) is 22.6. The van der Waals surface area contributed by atoms with Gasteiger partial charge >= 0.3 is 11.6 Å². The maximum Gasteiger partial charge on any atom is 0.336 e. The van der Waals surface area contributed by atoms with Crippen molar-refractivity contribution in [3.63, 3.8) is 0 Å². The van der Waals surface area contributed by atoms with Crippen molar-refractivity contribution >= 4 is 39.5 Å². The summed E-state index contributed by atoms with van der Waals surface area (Å²) < 4.78 is 10.9. The zero-order valence-electron chi connectivity index (χ0n) is 15.3. The zero-order chi connectivity index (χ0) is 19.5. The minimum Gasteiger partial charge on any atom is -0.460 e. The molecular weight excluding hydrogens is 372 g/mol. The van der Waals surface area contributed by atoms with Crippen molar-refractivity contribution in [2.45, 2.75) is 23.7 Å². The quantitative estimate of drug-likeness (QED) is 0.204. The van der Waals surface area contributed by atoms with Crippen molar-refractivity contribution in [3.05, 3.63) is 88.8 Å². The summed E-state index contributed by atoms with van der Waals surface area (Å²) in [6.07, 6.45) is 0. The van der Waals surface area contributed by atoms with Crippen LogP contribution in [0, 0.1) is 0 Å². The van der Waals surface area contributed by atoms with Crippen LogP contribution in [0.5, 0.6) is 0 Å². The van der Waals surface area contributed by atoms with E-state index in [2.05, 4.69) is 0 Å². The van der Waals surface area contributed by atoms with Crippen LogP contribution in [-0.4, -0.2) is 11.2 Å². The number of benzene rings is 3. The highest BCUT2D eigenvalue weighted by Crippen LogP contribution is 2.28. The topological polar surface area (TPSA) is 56.5 Å². The van der Waals surface area contributed by atoms with Gasteiger partial charge in [-0.3, -0.25) is 4.79 Å². The molecule has 1 aromatic heterocycles. The summed E-state index contributed by atoms with van der Waals surface area (Å²) in [6.45, 7) is 1.83. The predicted molar refractivity (Wildman–Crippen MR) is 112 cm³/mol. The van der Waals surface area contributed by atoms with Gasteiger partial charge in [0.05, 0.1) is 0 Å². The molecule has 4 aromatic rings. The van der Waals surface area contributed by atoms with Crippen molar-refractivity contribution in [2.75, 3.05) is 0 Å². The second-order valence-corrected chi connectivity index (χ2v) is 7.85. The molecule has 0 saturated heterocycles. The molecule has 0 saturated carbocycles. The van der Waals surface area contributed by atoms with E-state index in [1.807, 2.05) is 67.6 Å². The molecule has 4 rings (SSSR count). The number of fused-ring (bicyclic) bond motifs is 3. The van der Waals surface area contributed by atoms with Gasteiger partial charge in [-0.25, -0.2) is 4.79 Å². The lowest BCUT2D eigenvalue weighted by atomic mass is 10.0. The average molecular weight is 390 g/mol. The highest BCUT2D eigenvalue weighted by Gasteiger charge is 2.17. The largest absolute Gasteiger partial charge is 0.460 e. The van der Waals surface area contributed by atoms with Crippen molar-refractivity contribution in [1.82, 2.24) is 0 Å². The first kappa shape index (κ1) is 18.3. The third kappa shape index (κ3) is 3.80. The van der Waals surface area contributed by atoms with Gasteiger partial charge in [0.25, 0.3) is 0 Å². The molecule has 0 fully saturated rings. The Labute approximate surface area is 166 Å². The van der Waals surface area contributed by atoms with Crippen LogP contribution in [0.4, 0.5) is 0 Å². The molecule has 4 nitrogen and oxygen atoms in total. The molecular formula is C23H18O4S. The first-order valence-electron chi connectivity index (χ1n) is 8.94. The molecule has 140 valence electrons. The third-order valence-corrected chi connectivity index (χ3v) is 5.56. The number of carbonyl (C=O) groups excluding carboxylic acids is 1. The van der Waals surface area contributed by atoms with Crippen molar-refractivity contribution in [3.8, 4) is 0 Å². The van der Waals surface area contributed by atoms with Crippen LogP contribution < -0.4 is 5.63 Å². The van der Waals surface area contributed by atoms with E-state index in [4.69, 9.17) is 9.15 Å². The Kier molecular flexibility index (Phi) is 5.17. The summed E-state index contributed by atoms with van der Waals surface area (Å²) >= 11 is 1.44. The molecule has 0 bridgehead atoms. The summed E-state index contributed by atoms with van der Waals surface area (Å²) in [4.78, 5) is 25.4. The standard InChI is InChI=1S/C23H18O4S/c1-15(28-18-8-3-2-4-9-18)23(25)26-14-17-13-21(24)27-20-12-11-16-7-5-6-10-19(16)22(17)20/h2-13,15H,14H2,1H3/t15-/m1/s1. The van der Waals surface area contributed by atoms with Gasteiger partial charge in [-0.05, 0) is 35.9 Å². The summed E-state index contributed by atoms with van der Waals surface area (Å²) in [7, 11) is 0. The third-order valence-electron chi connectivity index (χ3n) is 4.47. The van der Waals surface area contributed by atoms with Crippen LogP contribution in [0.3, 0.4) is 0 Å². The predicted octanol–water partition coefficient (Wildman–Crippen LogP) is 5.17. The summed E-state index contributed by atoms with van der Waals surface area (Å²) in [5.41, 5.74) is 0.679. The van der Waals surface area contributed by atoms with E-state index < -0.39 is 5.63 Å². The number of hydrogen-bond acceptors (Lipinski definition) is 5. The normalized spacial score (nSPS) is 12.2. The van der Waals surface area contributed by atoms with Crippen molar-refractivity contribution in [1.29, 1.82) is 0 Å². The van der Waals surface area contributed by atoms with E-state index in [1.165, 1.54) is 17.8 Å². The van der Waals surface area contributed by atoms with Gasteiger partial charge < -0.3 is 9.15 Å². The average Bonchev–Trinajstić information content (AvgIpc) is 2.72. The molecule has 0 aliphatic carbocycles. The molecule has 3 aromatic carbocycles. The lowest BCUT2D eigenvalue weighted by Crippen LogP contribution is -2.17. The van der Waals surface area contributed by atoms with E-state index in [9.17, 15) is 9.59 Å². The minimum absolute atomic E-state index is 0.0225. The van der Waals surface area contributed by atoms with Crippen LogP contribution in [0.1, 0.15) is 12.5 Å². The molecule has 0 N–H and O–H groups in total. The second-order valence-electron chi connectivity index (χ2n) is 6.43. The van der Waals surface area contributed by atoms with E-state index in [1.54, 1.807) is 6.07 Å². The number of thioether (sulfide) groups is 1. The fourth-order valence-electron chi connectivity index (χ4n) is 3.15. The van der Waals surface area contributed by atoms with E-state index in [0.717, 1.165) is 21.1 Å². The van der Waals surface area contributed by atoms with Gasteiger partial charge in [-0.15, -0.1) is 11.8 Å². The van der Waals surface area contributed by atoms with Gasteiger partial charge in [-0.2, -0.15) is 0 Å². The molecule has 0 amide bonds. The molecule has 1 atom stereocenters. The van der Waals surface area contributed by atoms with Gasteiger partial charge in [0.15, 0.2) is 0 Å². The Hall–Kier alpha value is -3.05. The second kappa shape index (κ2) is 7.90. The first-order valence-corrected chi connectivity index (χ1v) is 9.82. The first-order chi connectivity index (χ1) is 13.6. The molecule has 0 aliphatic rings. The number of carbonyl (C=O) groups is 1. The molecule has 0 radical (unpaired) electrons. The number of ether oxygens (including phenoxy) is 1. The fraction of sp³-hybridized carbons (Fsp3) is 0.130. The van der Waals surface area contributed by atoms with Crippen molar-refractivity contribution < 1.29 is 13.9 Å². The number of esters is 1. The lowest BCUT2D eigenvalue weighted by molar-refractivity contribution is -0.143. The summed E-state index contributed by atoms with van der Waals surface area (Å²) in [5, 5.41) is 2.44. The summed E-state index contributed by atoms with van der Waals surface area (Å²) in [5.74, 6) is -0.324. The van der Waals surface area contributed by atoms with Crippen LogP contribution in [-0.2, 0) is 16.1 Å². The van der Waals surface area contributed by atoms with Gasteiger partial charge in [0.1, 0.15) is 17.4 Å². The fourth-order valence-corrected chi connectivity index (χ4v) is 4.04. The van der Waals surface area contributed by atoms with Crippen LogP contribution in [0.25, 0.3) is 21.7 Å². The molecule has 5 heteroatoms. The van der Waals surface area contributed by atoms with Crippen LogP contribution in [0.15, 0.2) is 86.9 Å². The minimum atomic E-state index is -0.458. The highest BCUT2D eigenvalue weighted by atomic mass is 32.2. The Morgan fingerprint density at radius 3 is 2.61 bits per heavy atom. The van der Waals surface area contributed by atoms with Gasteiger partial charge in [-0.1, -0.05) is 48.5 Å². The molecule has 0 unspecified atom stereocenters. The van der Waals surface area contributed by atoms with Crippen molar-refractivity contribution in [2.24, 2.45) is 0 Å². The number of hydrogen-bond donors (Lipinski definition) is 0. The Morgan fingerprint density at radius 2 is 1.79 bits per heavy atom. The smallest absolute Gasteiger partial charge is 0.336 e. The van der Waals surface area contributed by atoms with Gasteiger partial charge in [0, 0.05) is 21.9 Å². The zero-order valence-corrected chi connectivity index (χ0v) is 16.1. The lowest BCUT2D eigenvalue weighted by Gasteiger charge is -2.13. The SMILES string of the molecule is C[C@@H](Sc1ccccc1)C(=O)OCc1cc(=O)oc2ccc3ccccc3c12. The molecule has 28 heavy (non-hydrogen) atoms. The maximum absolute atomic E-state index is 12.5. The Bertz CT molecular complexity index is 1200. The van der Waals surface area contributed by atoms with Gasteiger partial charge in [0.2, 0.25) is 0 Å². The maximum atomic E-state index is 12.5. The molecule has 0 aliphatic heterocycles. The Balaban J connectivity index is 1.60. The van der Waals surface area contributed by atoms with E-state index in [0.29, 0.717) is 11.1 Å². The molecule has 0 spiro atoms.